The summed E-state index contributed by atoms with van der Waals surface area (Å²) in [6.45, 7) is 13.5. The van der Waals surface area contributed by atoms with E-state index in [0.29, 0.717) is 11.8 Å². The number of thiophene rings is 1. The lowest BCUT2D eigenvalue weighted by molar-refractivity contribution is 0.652. The highest BCUT2D eigenvalue weighted by molar-refractivity contribution is 8.08. The summed E-state index contributed by atoms with van der Waals surface area (Å²) in [6.07, 6.45) is 1.18. The van der Waals surface area contributed by atoms with Crippen LogP contribution in [0, 0.1) is 11.8 Å². The molecule has 1 aromatic rings. The summed E-state index contributed by atoms with van der Waals surface area (Å²) >= 11 is 5.66. The predicted molar refractivity (Wildman–Crippen MR) is 86.5 cm³/mol. The van der Waals surface area contributed by atoms with Crippen LogP contribution in [0.3, 0.4) is 0 Å². The molecular formula is C15H20S3. The number of fused-ring (bicyclic) bond motifs is 1. The van der Waals surface area contributed by atoms with Gasteiger partial charge >= 0.3 is 0 Å². The number of hydrogen-bond acceptors (Lipinski definition) is 3. The molecule has 0 radical (unpaired) electrons. The second-order valence-corrected chi connectivity index (χ2v) is 8.31. The highest BCUT2D eigenvalue weighted by atomic mass is 32.2. The van der Waals surface area contributed by atoms with E-state index in [1.165, 1.54) is 30.9 Å². The van der Waals surface area contributed by atoms with Crippen LogP contribution >= 0.6 is 34.9 Å². The average Bonchev–Trinajstić information content (AvgIpc) is 2.69. The molecule has 0 aromatic carbocycles. The Morgan fingerprint density at radius 3 is 2.56 bits per heavy atom. The molecule has 1 atom stereocenters. The highest BCUT2D eigenvalue weighted by Crippen LogP contribution is 2.52. The van der Waals surface area contributed by atoms with Crippen LogP contribution in [0.4, 0.5) is 0 Å². The smallest absolute Gasteiger partial charge is 0.0783 e. The Balaban J connectivity index is 2.50. The van der Waals surface area contributed by atoms with Gasteiger partial charge in [0.2, 0.25) is 0 Å². The fourth-order valence-electron chi connectivity index (χ4n) is 2.06. The van der Waals surface area contributed by atoms with Gasteiger partial charge in [-0.05, 0) is 40.2 Å². The van der Waals surface area contributed by atoms with E-state index in [-0.39, 0.29) is 0 Å². The van der Waals surface area contributed by atoms with Crippen molar-refractivity contribution in [1.82, 2.24) is 0 Å². The molecule has 3 heteroatoms. The van der Waals surface area contributed by atoms with Crippen LogP contribution in [0.15, 0.2) is 42.5 Å². The second-order valence-electron chi connectivity index (χ2n) is 4.94. The summed E-state index contributed by atoms with van der Waals surface area (Å²) in [5.74, 6) is 1.17. The third kappa shape index (κ3) is 2.73. The molecule has 0 amide bonds. The molecule has 0 fully saturated rings. The fraction of sp³-hybridized carbons (Fsp3) is 0.467. The molecule has 1 aliphatic rings. The molecule has 0 N–H and O–H groups in total. The van der Waals surface area contributed by atoms with Gasteiger partial charge in [0, 0.05) is 9.80 Å². The molecular weight excluding hydrogens is 276 g/mol. The second kappa shape index (κ2) is 5.89. The zero-order chi connectivity index (χ0) is 13.3. The average molecular weight is 297 g/mol. The standard InChI is InChI=1S/C15H20S3/c1-6-10(4)13-11(5)17-12-7-8-16-15(12)18-14(13)9(2)3/h7-10H,5-6H2,1-4H3. The van der Waals surface area contributed by atoms with Gasteiger partial charge in [-0.2, -0.15) is 0 Å². The van der Waals surface area contributed by atoms with Gasteiger partial charge in [-0.3, -0.25) is 0 Å². The van der Waals surface area contributed by atoms with Crippen LogP contribution in [0.2, 0.25) is 0 Å². The first-order valence-corrected chi connectivity index (χ1v) is 8.92. The van der Waals surface area contributed by atoms with Gasteiger partial charge in [-0.25, -0.2) is 0 Å². The lowest BCUT2D eigenvalue weighted by Gasteiger charge is -2.21. The van der Waals surface area contributed by atoms with Crippen LogP contribution in [0.1, 0.15) is 34.1 Å². The van der Waals surface area contributed by atoms with Gasteiger partial charge in [-0.1, -0.05) is 57.8 Å². The summed E-state index contributed by atoms with van der Waals surface area (Å²) in [4.78, 5) is 4.15. The monoisotopic (exact) mass is 296 g/mol. The Bertz CT molecular complexity index is 480. The van der Waals surface area contributed by atoms with Crippen LogP contribution in [-0.2, 0) is 0 Å². The topological polar surface area (TPSA) is 0 Å². The minimum absolute atomic E-state index is 0.574. The maximum Gasteiger partial charge on any atom is 0.0783 e. The summed E-state index contributed by atoms with van der Waals surface area (Å²) in [5.41, 5.74) is 1.49. The van der Waals surface area contributed by atoms with Crippen molar-refractivity contribution in [1.29, 1.82) is 0 Å². The van der Waals surface area contributed by atoms with E-state index in [2.05, 4.69) is 45.7 Å². The van der Waals surface area contributed by atoms with E-state index in [4.69, 9.17) is 0 Å². The maximum absolute atomic E-state index is 4.33. The molecule has 0 saturated carbocycles. The molecule has 0 spiro atoms. The molecule has 0 nitrogen and oxygen atoms in total. The van der Waals surface area contributed by atoms with E-state index in [1.807, 2.05) is 34.9 Å². The molecule has 1 aromatic heterocycles. The summed E-state index contributed by atoms with van der Waals surface area (Å²) in [5, 5.41) is 2.18. The van der Waals surface area contributed by atoms with E-state index in [1.54, 1.807) is 0 Å². The Labute approximate surface area is 123 Å². The summed E-state index contributed by atoms with van der Waals surface area (Å²) in [7, 11) is 0. The van der Waals surface area contributed by atoms with Crippen molar-refractivity contribution in [3.8, 4) is 0 Å². The Morgan fingerprint density at radius 2 is 1.94 bits per heavy atom. The lowest BCUT2D eigenvalue weighted by atomic mass is 9.95. The van der Waals surface area contributed by atoms with Crippen molar-refractivity contribution in [3.05, 3.63) is 33.4 Å². The first-order chi connectivity index (χ1) is 8.54. The van der Waals surface area contributed by atoms with Crippen LogP contribution in [-0.4, -0.2) is 0 Å². The molecule has 0 bridgehead atoms. The first kappa shape index (κ1) is 14.3. The predicted octanol–water partition coefficient (Wildman–Crippen LogP) is 6.42. The minimum Gasteiger partial charge on any atom is -0.136 e. The summed E-state index contributed by atoms with van der Waals surface area (Å²) in [6, 6.07) is 2.22. The van der Waals surface area contributed by atoms with Gasteiger partial charge in [-0.15, -0.1) is 11.3 Å². The Hall–Kier alpha value is -0.120. The van der Waals surface area contributed by atoms with Gasteiger partial charge in [0.25, 0.3) is 0 Å². The van der Waals surface area contributed by atoms with E-state index >= 15 is 0 Å². The lowest BCUT2D eigenvalue weighted by Crippen LogP contribution is -2.04. The van der Waals surface area contributed by atoms with Crippen molar-refractivity contribution in [2.24, 2.45) is 11.8 Å². The van der Waals surface area contributed by atoms with Crippen molar-refractivity contribution >= 4 is 34.9 Å². The molecule has 1 aliphatic heterocycles. The van der Waals surface area contributed by atoms with Crippen LogP contribution in [0.5, 0.6) is 0 Å². The van der Waals surface area contributed by atoms with E-state index < -0.39 is 0 Å². The van der Waals surface area contributed by atoms with Crippen LogP contribution < -0.4 is 0 Å². The van der Waals surface area contributed by atoms with Crippen molar-refractivity contribution < 1.29 is 0 Å². The van der Waals surface area contributed by atoms with Gasteiger partial charge in [0.05, 0.1) is 4.21 Å². The van der Waals surface area contributed by atoms with E-state index in [0.717, 1.165) is 0 Å². The summed E-state index contributed by atoms with van der Waals surface area (Å²) < 4.78 is 1.43. The Morgan fingerprint density at radius 1 is 1.22 bits per heavy atom. The van der Waals surface area contributed by atoms with Gasteiger partial charge in [0.15, 0.2) is 0 Å². The van der Waals surface area contributed by atoms with Gasteiger partial charge < -0.3 is 0 Å². The number of allylic oxidation sites excluding steroid dienone is 2. The zero-order valence-electron chi connectivity index (χ0n) is 11.4. The minimum atomic E-state index is 0.574. The zero-order valence-corrected chi connectivity index (χ0v) is 13.9. The maximum atomic E-state index is 4.33. The Kier molecular flexibility index (Phi) is 4.68. The van der Waals surface area contributed by atoms with Crippen molar-refractivity contribution in [2.75, 3.05) is 0 Å². The fourth-order valence-corrected chi connectivity index (χ4v) is 5.82. The first-order valence-electron chi connectivity index (χ1n) is 6.41. The third-order valence-corrected chi connectivity index (χ3v) is 7.07. The molecule has 0 saturated heterocycles. The SMILES string of the molecule is C=C1Sc2ccsc2SC(C(C)C)=C1C(C)CC. The molecule has 18 heavy (non-hydrogen) atoms. The highest BCUT2D eigenvalue weighted by Gasteiger charge is 2.25. The molecule has 1 unspecified atom stereocenters. The number of rotatable bonds is 3. The largest absolute Gasteiger partial charge is 0.136 e. The molecule has 2 rings (SSSR count). The molecule has 98 valence electrons. The third-order valence-electron chi connectivity index (χ3n) is 3.23. The normalized spacial score (nSPS) is 17.9. The van der Waals surface area contributed by atoms with Gasteiger partial charge in [0.1, 0.15) is 0 Å². The van der Waals surface area contributed by atoms with Crippen molar-refractivity contribution in [2.45, 2.75) is 43.2 Å². The number of thioether (sulfide) groups is 2. The van der Waals surface area contributed by atoms with Crippen molar-refractivity contribution in [3.63, 3.8) is 0 Å². The number of hydrogen-bond donors (Lipinski definition) is 0. The molecule has 2 heterocycles. The van der Waals surface area contributed by atoms with Crippen LogP contribution in [0.25, 0.3) is 0 Å². The quantitative estimate of drug-likeness (QED) is 0.631. The van der Waals surface area contributed by atoms with E-state index in [9.17, 15) is 0 Å². The molecule has 0 aliphatic carbocycles.